The van der Waals surface area contributed by atoms with E-state index in [1.54, 1.807) is 11.8 Å². The predicted molar refractivity (Wildman–Crippen MR) is 78.1 cm³/mol. The van der Waals surface area contributed by atoms with Crippen LogP contribution in [0.4, 0.5) is 0 Å². The highest BCUT2D eigenvalue weighted by Gasteiger charge is 2.03. The van der Waals surface area contributed by atoms with Crippen LogP contribution >= 0.6 is 12.4 Å². The highest BCUT2D eigenvalue weighted by atomic mass is 35.5. The number of carbonyl (C=O) groups excluding carboxylic acids is 1. The third kappa shape index (κ3) is 6.03. The zero-order valence-corrected chi connectivity index (χ0v) is 12.5. The van der Waals surface area contributed by atoms with Crippen LogP contribution in [0.1, 0.15) is 18.1 Å². The summed E-state index contributed by atoms with van der Waals surface area (Å²) in [7, 11) is 5.98. The normalized spacial score (nSPS) is 10.1. The van der Waals surface area contributed by atoms with Crippen LogP contribution in [0.25, 0.3) is 0 Å². The van der Waals surface area contributed by atoms with Gasteiger partial charge in [0, 0.05) is 27.1 Å². The summed E-state index contributed by atoms with van der Waals surface area (Å²) >= 11 is 0. The Morgan fingerprint density at radius 2 is 1.56 bits per heavy atom. The number of rotatable bonds is 5. The molecule has 0 spiro atoms. The number of hydrogen-bond donors (Lipinski definition) is 0. The number of benzene rings is 1. The second-order valence-corrected chi connectivity index (χ2v) is 4.74. The molecule has 0 heterocycles. The van der Waals surface area contributed by atoms with Gasteiger partial charge in [0.25, 0.3) is 0 Å². The fourth-order valence-corrected chi connectivity index (χ4v) is 1.55. The van der Waals surface area contributed by atoms with E-state index in [1.165, 1.54) is 11.1 Å². The molecule has 18 heavy (non-hydrogen) atoms. The van der Waals surface area contributed by atoms with E-state index in [0.29, 0.717) is 6.54 Å². The van der Waals surface area contributed by atoms with Crippen molar-refractivity contribution >= 4 is 18.3 Å². The van der Waals surface area contributed by atoms with Crippen LogP contribution in [0.5, 0.6) is 0 Å². The number of hydrogen-bond acceptors (Lipinski definition) is 2. The van der Waals surface area contributed by atoms with Crippen LogP contribution in [0.15, 0.2) is 24.3 Å². The van der Waals surface area contributed by atoms with Crippen LogP contribution in [0.3, 0.4) is 0 Å². The molecule has 1 aromatic rings. The van der Waals surface area contributed by atoms with Gasteiger partial charge in [0.05, 0.1) is 0 Å². The van der Waals surface area contributed by atoms with Crippen molar-refractivity contribution in [3.63, 3.8) is 0 Å². The van der Waals surface area contributed by atoms with E-state index in [9.17, 15) is 4.79 Å². The Kier molecular flexibility index (Phi) is 7.64. The average molecular weight is 271 g/mol. The first-order chi connectivity index (χ1) is 7.99. The quantitative estimate of drug-likeness (QED) is 0.819. The molecule has 0 unspecified atom stereocenters. The van der Waals surface area contributed by atoms with Crippen LogP contribution in [-0.4, -0.2) is 43.4 Å². The first-order valence-corrected chi connectivity index (χ1v) is 5.93. The van der Waals surface area contributed by atoms with Gasteiger partial charge in [0.15, 0.2) is 0 Å². The van der Waals surface area contributed by atoms with Gasteiger partial charge in [-0.2, -0.15) is 0 Å². The molecule has 1 aromatic carbocycles. The van der Waals surface area contributed by atoms with Crippen molar-refractivity contribution in [2.75, 3.05) is 27.7 Å². The van der Waals surface area contributed by atoms with Crippen molar-refractivity contribution in [3.05, 3.63) is 35.4 Å². The number of carbonyl (C=O) groups is 1. The molecule has 4 heteroatoms. The molecule has 102 valence electrons. The maximum Gasteiger partial charge on any atom is 0.219 e. The summed E-state index contributed by atoms with van der Waals surface area (Å²) in [5.41, 5.74) is 2.52. The molecular weight excluding hydrogens is 248 g/mol. The summed E-state index contributed by atoms with van der Waals surface area (Å²) < 4.78 is 0. The summed E-state index contributed by atoms with van der Waals surface area (Å²) in [5, 5.41) is 0. The first-order valence-electron chi connectivity index (χ1n) is 5.93. The lowest BCUT2D eigenvalue weighted by atomic mass is 10.1. The van der Waals surface area contributed by atoms with E-state index >= 15 is 0 Å². The Balaban J connectivity index is 0.00000289. The molecule has 0 N–H and O–H groups in total. The van der Waals surface area contributed by atoms with E-state index in [2.05, 4.69) is 43.3 Å². The average Bonchev–Trinajstić information content (AvgIpc) is 2.28. The van der Waals surface area contributed by atoms with Gasteiger partial charge in [-0.15, -0.1) is 12.4 Å². The highest BCUT2D eigenvalue weighted by Crippen LogP contribution is 2.07. The van der Waals surface area contributed by atoms with Gasteiger partial charge in [-0.3, -0.25) is 4.79 Å². The van der Waals surface area contributed by atoms with Crippen molar-refractivity contribution in [2.45, 2.75) is 19.9 Å². The summed E-state index contributed by atoms with van der Waals surface area (Å²) in [5.74, 6) is 0.0988. The standard InChI is InChI=1S/C14H22N2O.ClH/c1-12(17)16(4)11-14-7-5-13(6-8-14)9-10-15(2)3;/h5-8H,9-11H2,1-4H3;1H. The molecule has 0 saturated carbocycles. The molecule has 1 amide bonds. The predicted octanol–water partition coefficient (Wildman–Crippen LogP) is 2.19. The maximum atomic E-state index is 11.1. The van der Waals surface area contributed by atoms with Crippen molar-refractivity contribution in [1.29, 1.82) is 0 Å². The summed E-state index contributed by atoms with van der Waals surface area (Å²) in [4.78, 5) is 15.0. The highest BCUT2D eigenvalue weighted by molar-refractivity contribution is 5.85. The smallest absolute Gasteiger partial charge is 0.219 e. The molecule has 0 atom stereocenters. The largest absolute Gasteiger partial charge is 0.342 e. The van der Waals surface area contributed by atoms with Crippen LogP contribution < -0.4 is 0 Å². The molecule has 0 bridgehead atoms. The molecule has 0 aliphatic rings. The monoisotopic (exact) mass is 270 g/mol. The van der Waals surface area contributed by atoms with E-state index in [0.717, 1.165) is 13.0 Å². The minimum Gasteiger partial charge on any atom is -0.342 e. The Morgan fingerprint density at radius 1 is 1.06 bits per heavy atom. The van der Waals surface area contributed by atoms with E-state index < -0.39 is 0 Å². The van der Waals surface area contributed by atoms with E-state index in [4.69, 9.17) is 0 Å². The molecule has 0 saturated heterocycles. The van der Waals surface area contributed by atoms with Crippen molar-refractivity contribution < 1.29 is 4.79 Å². The Morgan fingerprint density at radius 3 is 2.00 bits per heavy atom. The second-order valence-electron chi connectivity index (χ2n) is 4.74. The van der Waals surface area contributed by atoms with Gasteiger partial charge >= 0.3 is 0 Å². The summed E-state index contributed by atoms with van der Waals surface area (Å²) in [6, 6.07) is 8.49. The zero-order valence-electron chi connectivity index (χ0n) is 11.6. The lowest BCUT2D eigenvalue weighted by molar-refractivity contribution is -0.128. The van der Waals surface area contributed by atoms with Gasteiger partial charge in [0.2, 0.25) is 5.91 Å². The second kappa shape index (κ2) is 8.11. The van der Waals surface area contributed by atoms with Gasteiger partial charge in [-0.25, -0.2) is 0 Å². The van der Waals surface area contributed by atoms with Crippen LogP contribution in [0.2, 0.25) is 0 Å². The number of halogens is 1. The molecule has 0 aliphatic heterocycles. The summed E-state index contributed by atoms with van der Waals surface area (Å²) in [6.45, 7) is 3.33. The van der Waals surface area contributed by atoms with Gasteiger partial charge in [-0.1, -0.05) is 24.3 Å². The Labute approximate surface area is 116 Å². The maximum absolute atomic E-state index is 11.1. The van der Waals surface area contributed by atoms with Crippen molar-refractivity contribution in [1.82, 2.24) is 9.80 Å². The lowest BCUT2D eigenvalue weighted by Crippen LogP contribution is -2.22. The summed E-state index contributed by atoms with van der Waals surface area (Å²) in [6.07, 6.45) is 1.07. The fourth-order valence-electron chi connectivity index (χ4n) is 1.55. The minimum absolute atomic E-state index is 0. The van der Waals surface area contributed by atoms with Crippen molar-refractivity contribution in [2.24, 2.45) is 0 Å². The molecular formula is C14H23ClN2O. The minimum atomic E-state index is 0. The van der Waals surface area contributed by atoms with Gasteiger partial charge in [0.1, 0.15) is 0 Å². The van der Waals surface area contributed by atoms with E-state index in [1.807, 2.05) is 7.05 Å². The number of amides is 1. The SMILES string of the molecule is CC(=O)N(C)Cc1ccc(CCN(C)C)cc1.Cl. The molecule has 0 radical (unpaired) electrons. The molecule has 0 aliphatic carbocycles. The Hall–Kier alpha value is -1.06. The molecule has 1 rings (SSSR count). The van der Waals surface area contributed by atoms with Crippen LogP contribution in [0, 0.1) is 0 Å². The lowest BCUT2D eigenvalue weighted by Gasteiger charge is -2.15. The van der Waals surface area contributed by atoms with Gasteiger partial charge < -0.3 is 9.80 Å². The van der Waals surface area contributed by atoms with Crippen LogP contribution in [-0.2, 0) is 17.8 Å². The third-order valence-corrected chi connectivity index (χ3v) is 2.83. The molecule has 0 aromatic heterocycles. The topological polar surface area (TPSA) is 23.6 Å². The van der Waals surface area contributed by atoms with E-state index in [-0.39, 0.29) is 18.3 Å². The third-order valence-electron chi connectivity index (χ3n) is 2.83. The van der Waals surface area contributed by atoms with Crippen molar-refractivity contribution in [3.8, 4) is 0 Å². The van der Waals surface area contributed by atoms with Gasteiger partial charge in [-0.05, 0) is 31.6 Å². The molecule has 3 nitrogen and oxygen atoms in total. The fraction of sp³-hybridized carbons (Fsp3) is 0.500. The number of nitrogens with zero attached hydrogens (tertiary/aromatic N) is 2. The molecule has 0 fully saturated rings. The Bertz CT molecular complexity index is 363. The number of likely N-dealkylation sites (N-methyl/N-ethyl adjacent to an activating group) is 1. The first kappa shape index (κ1) is 16.9. The zero-order chi connectivity index (χ0) is 12.8.